The van der Waals surface area contributed by atoms with E-state index in [0.29, 0.717) is 25.0 Å². The van der Waals surface area contributed by atoms with Crippen LogP contribution in [0.4, 0.5) is 11.9 Å². The number of nitrogens with zero attached hydrogens (tertiary/aromatic N) is 6. The van der Waals surface area contributed by atoms with Crippen LogP contribution in [0, 0.1) is 0 Å². The Hall–Kier alpha value is -3.32. The third kappa shape index (κ3) is 6.30. The van der Waals surface area contributed by atoms with Crippen LogP contribution in [0.2, 0.25) is 0 Å². The normalized spacial score (nSPS) is 20.6. The van der Waals surface area contributed by atoms with Crippen molar-refractivity contribution < 1.29 is 28.4 Å². The van der Waals surface area contributed by atoms with Gasteiger partial charge in [-0.05, 0) is 55.4 Å². The molecule has 0 N–H and O–H groups in total. The maximum absolute atomic E-state index is 13.3. The SMILES string of the molecule is CCOC(=O)c1cnc(N2CCN(c3ncc(B4OC(C)(C)C(C)(C)O4)cn3)CC2C(=O)OC(C)(C)C)nc1. The molecule has 2 fully saturated rings. The second-order valence-corrected chi connectivity index (χ2v) is 11.6. The van der Waals surface area contributed by atoms with Crippen LogP contribution in [0.25, 0.3) is 0 Å². The van der Waals surface area contributed by atoms with Crippen molar-refractivity contribution in [2.75, 3.05) is 36.0 Å². The number of carbonyl (C=O) groups is 2. The average molecular weight is 540 g/mol. The zero-order chi connectivity index (χ0) is 28.6. The maximum atomic E-state index is 13.3. The van der Waals surface area contributed by atoms with E-state index in [0.717, 1.165) is 5.46 Å². The Morgan fingerprint density at radius 1 is 0.974 bits per heavy atom. The van der Waals surface area contributed by atoms with Gasteiger partial charge in [-0.1, -0.05) is 0 Å². The Morgan fingerprint density at radius 3 is 2.08 bits per heavy atom. The molecule has 0 radical (unpaired) electrons. The Kier molecular flexibility index (Phi) is 7.86. The number of esters is 2. The molecule has 210 valence electrons. The molecule has 0 saturated carbocycles. The molecule has 0 amide bonds. The smallest absolute Gasteiger partial charge is 0.462 e. The van der Waals surface area contributed by atoms with E-state index in [4.69, 9.17) is 18.8 Å². The first-order valence-corrected chi connectivity index (χ1v) is 13.1. The average Bonchev–Trinajstić information content (AvgIpc) is 3.09. The topological polar surface area (TPSA) is 129 Å². The van der Waals surface area contributed by atoms with Gasteiger partial charge >= 0.3 is 19.1 Å². The lowest BCUT2D eigenvalue weighted by atomic mass is 9.81. The first-order valence-electron chi connectivity index (χ1n) is 13.1. The van der Waals surface area contributed by atoms with Gasteiger partial charge in [-0.15, -0.1) is 0 Å². The van der Waals surface area contributed by atoms with E-state index in [-0.39, 0.29) is 18.7 Å². The molecule has 1 atom stereocenters. The van der Waals surface area contributed by atoms with Gasteiger partial charge in [0.2, 0.25) is 11.9 Å². The minimum absolute atomic E-state index is 0.239. The first kappa shape index (κ1) is 28.7. The number of carbonyl (C=O) groups excluding carboxylic acids is 2. The molecule has 2 aliphatic rings. The number of hydrogen-bond acceptors (Lipinski definition) is 12. The van der Waals surface area contributed by atoms with E-state index >= 15 is 0 Å². The summed E-state index contributed by atoms with van der Waals surface area (Å²) in [5.74, 6) is -0.129. The number of ether oxygens (including phenoxy) is 2. The number of hydrogen-bond donors (Lipinski definition) is 0. The molecule has 2 saturated heterocycles. The number of anilines is 2. The van der Waals surface area contributed by atoms with Crippen molar-refractivity contribution in [3.63, 3.8) is 0 Å². The highest BCUT2D eigenvalue weighted by Crippen LogP contribution is 2.36. The number of piperazine rings is 1. The number of aromatic nitrogens is 4. The summed E-state index contributed by atoms with van der Waals surface area (Å²) in [5.41, 5.74) is -0.660. The van der Waals surface area contributed by atoms with Gasteiger partial charge in [0.25, 0.3) is 0 Å². The molecule has 4 rings (SSSR count). The minimum atomic E-state index is -0.724. The van der Waals surface area contributed by atoms with Crippen molar-refractivity contribution in [1.82, 2.24) is 19.9 Å². The summed E-state index contributed by atoms with van der Waals surface area (Å²) in [5, 5.41) is 0. The standard InChI is InChI=1S/C26H37BN6O6/c1-9-36-20(34)17-12-28-23(29-13-17)33-11-10-32(16-19(33)21(35)37-24(2,3)4)22-30-14-18(15-31-22)27-38-25(5,6)26(7,8)39-27/h12-15,19H,9-11,16H2,1-8H3. The molecule has 2 aromatic heterocycles. The van der Waals surface area contributed by atoms with Gasteiger partial charge < -0.3 is 28.6 Å². The second-order valence-electron chi connectivity index (χ2n) is 11.6. The fraction of sp³-hybridized carbons (Fsp3) is 0.615. The highest BCUT2D eigenvalue weighted by atomic mass is 16.7. The van der Waals surface area contributed by atoms with Gasteiger partial charge in [0, 0.05) is 43.3 Å². The first-order chi connectivity index (χ1) is 18.2. The quantitative estimate of drug-likeness (QED) is 0.391. The third-order valence-corrected chi connectivity index (χ3v) is 6.93. The molecule has 12 nitrogen and oxygen atoms in total. The van der Waals surface area contributed by atoms with Crippen LogP contribution in [-0.4, -0.2) is 88.1 Å². The van der Waals surface area contributed by atoms with Crippen molar-refractivity contribution in [1.29, 1.82) is 0 Å². The maximum Gasteiger partial charge on any atom is 0.498 e. The second kappa shape index (κ2) is 10.7. The Labute approximate surface area is 229 Å². The van der Waals surface area contributed by atoms with Gasteiger partial charge in [0.05, 0.1) is 29.9 Å². The van der Waals surface area contributed by atoms with E-state index in [9.17, 15) is 9.59 Å². The van der Waals surface area contributed by atoms with Crippen LogP contribution in [0.3, 0.4) is 0 Å². The Morgan fingerprint density at radius 2 is 1.54 bits per heavy atom. The monoisotopic (exact) mass is 540 g/mol. The molecule has 13 heteroatoms. The van der Waals surface area contributed by atoms with Gasteiger partial charge in [-0.2, -0.15) is 0 Å². The Bertz CT molecular complexity index is 1170. The fourth-order valence-corrected chi connectivity index (χ4v) is 4.16. The molecule has 39 heavy (non-hydrogen) atoms. The van der Waals surface area contributed by atoms with Crippen molar-refractivity contribution in [2.45, 2.75) is 78.2 Å². The Balaban J connectivity index is 1.53. The molecule has 0 bridgehead atoms. The van der Waals surface area contributed by atoms with Gasteiger partial charge in [0.15, 0.2) is 0 Å². The van der Waals surface area contributed by atoms with Gasteiger partial charge in [-0.3, -0.25) is 0 Å². The molecular weight excluding hydrogens is 503 g/mol. The third-order valence-electron chi connectivity index (χ3n) is 6.93. The highest BCUT2D eigenvalue weighted by Gasteiger charge is 2.52. The molecule has 1 unspecified atom stereocenters. The zero-order valence-corrected chi connectivity index (χ0v) is 23.9. The van der Waals surface area contributed by atoms with E-state index < -0.39 is 41.9 Å². The van der Waals surface area contributed by atoms with Crippen LogP contribution in [0.1, 0.15) is 65.7 Å². The van der Waals surface area contributed by atoms with Crippen LogP contribution in [0.5, 0.6) is 0 Å². The van der Waals surface area contributed by atoms with Crippen LogP contribution in [-0.2, 0) is 23.6 Å². The van der Waals surface area contributed by atoms with Gasteiger partial charge in [0.1, 0.15) is 11.6 Å². The van der Waals surface area contributed by atoms with E-state index in [1.165, 1.54) is 12.4 Å². The molecule has 0 spiro atoms. The van der Waals surface area contributed by atoms with Gasteiger partial charge in [-0.25, -0.2) is 29.5 Å². The lowest BCUT2D eigenvalue weighted by Crippen LogP contribution is -2.58. The summed E-state index contributed by atoms with van der Waals surface area (Å²) in [6.07, 6.45) is 6.18. The molecule has 2 aromatic rings. The van der Waals surface area contributed by atoms with Crippen molar-refractivity contribution in [3.8, 4) is 0 Å². The molecule has 0 aromatic carbocycles. The van der Waals surface area contributed by atoms with Crippen molar-refractivity contribution >= 4 is 36.4 Å². The fourth-order valence-electron chi connectivity index (χ4n) is 4.16. The summed E-state index contributed by atoms with van der Waals surface area (Å²) in [4.78, 5) is 46.8. The molecule has 2 aliphatic heterocycles. The summed E-state index contributed by atoms with van der Waals surface area (Å²) in [6.45, 7) is 16.6. The predicted molar refractivity (Wildman–Crippen MR) is 145 cm³/mol. The summed E-state index contributed by atoms with van der Waals surface area (Å²) in [7, 11) is -0.565. The minimum Gasteiger partial charge on any atom is -0.462 e. The lowest BCUT2D eigenvalue weighted by Gasteiger charge is -2.40. The lowest BCUT2D eigenvalue weighted by molar-refractivity contribution is -0.156. The summed E-state index contributed by atoms with van der Waals surface area (Å²) < 4.78 is 22.9. The zero-order valence-electron chi connectivity index (χ0n) is 23.9. The largest absolute Gasteiger partial charge is 0.498 e. The van der Waals surface area contributed by atoms with E-state index in [1.54, 1.807) is 24.2 Å². The van der Waals surface area contributed by atoms with Crippen molar-refractivity contribution in [2.24, 2.45) is 0 Å². The van der Waals surface area contributed by atoms with Crippen LogP contribution >= 0.6 is 0 Å². The molecule has 0 aliphatic carbocycles. The number of rotatable bonds is 6. The molecular formula is C26H37BN6O6. The van der Waals surface area contributed by atoms with Crippen molar-refractivity contribution in [3.05, 3.63) is 30.4 Å². The summed E-state index contributed by atoms with van der Waals surface area (Å²) in [6, 6.07) is -0.724. The predicted octanol–water partition coefficient (Wildman–Crippen LogP) is 1.78. The van der Waals surface area contributed by atoms with Crippen LogP contribution < -0.4 is 15.3 Å². The van der Waals surface area contributed by atoms with E-state index in [1.807, 2.05) is 53.4 Å². The van der Waals surface area contributed by atoms with Crippen LogP contribution in [0.15, 0.2) is 24.8 Å². The molecule has 4 heterocycles. The summed E-state index contributed by atoms with van der Waals surface area (Å²) >= 11 is 0. The highest BCUT2D eigenvalue weighted by molar-refractivity contribution is 6.61. The van der Waals surface area contributed by atoms with E-state index in [2.05, 4.69) is 19.9 Å².